The van der Waals surface area contributed by atoms with Gasteiger partial charge in [-0.15, -0.1) is 0 Å². The fourth-order valence-corrected chi connectivity index (χ4v) is 4.88. The number of aromatic nitrogens is 1. The average Bonchev–Trinajstić information content (AvgIpc) is 3.10. The van der Waals surface area contributed by atoms with E-state index < -0.39 is 0 Å². The number of rotatable bonds is 4. The first-order valence-corrected chi connectivity index (χ1v) is 11.6. The number of hydrogen-bond acceptors (Lipinski definition) is 5. The third kappa shape index (κ3) is 3.75. The summed E-state index contributed by atoms with van der Waals surface area (Å²) in [5.74, 6) is 0.426. The molecule has 34 heavy (non-hydrogen) atoms. The van der Waals surface area contributed by atoms with Crippen LogP contribution in [0.4, 0.5) is 11.5 Å². The Morgan fingerprint density at radius 3 is 2.12 bits per heavy atom. The minimum Gasteiger partial charge on any atom is -0.363 e. The summed E-state index contributed by atoms with van der Waals surface area (Å²) in [6.45, 7) is 8.70. The molecule has 2 amide bonds. The number of para-hydroxylation sites is 1. The van der Waals surface area contributed by atoms with E-state index in [2.05, 4.69) is 20.9 Å². The Labute approximate surface area is 200 Å². The van der Waals surface area contributed by atoms with Crippen molar-refractivity contribution in [2.45, 2.75) is 20.8 Å². The minimum atomic E-state index is -0.256. The maximum absolute atomic E-state index is 13.9. The van der Waals surface area contributed by atoms with Crippen LogP contribution in [0.3, 0.4) is 0 Å². The molecule has 0 bridgehead atoms. The molecule has 1 saturated heterocycles. The van der Waals surface area contributed by atoms with Crippen molar-refractivity contribution in [3.8, 4) is 0 Å². The molecule has 0 unspecified atom stereocenters. The summed E-state index contributed by atoms with van der Waals surface area (Å²) in [5.41, 5.74) is 5.47. The van der Waals surface area contributed by atoms with Crippen molar-refractivity contribution in [1.82, 2.24) is 9.88 Å². The van der Waals surface area contributed by atoms with Gasteiger partial charge in [-0.05, 0) is 55.7 Å². The molecule has 0 N–H and O–H groups in total. The van der Waals surface area contributed by atoms with Gasteiger partial charge in [-0.1, -0.05) is 48.0 Å². The number of benzene rings is 2. The number of carbonyl (C=O) groups is 2. The Bertz CT molecular complexity index is 1290. The van der Waals surface area contributed by atoms with Crippen LogP contribution in [-0.4, -0.2) is 47.9 Å². The Hall–Kier alpha value is -3.93. The molecule has 3 heterocycles. The molecule has 5 rings (SSSR count). The van der Waals surface area contributed by atoms with E-state index in [0.717, 1.165) is 41.2 Å². The molecule has 2 aromatic carbocycles. The van der Waals surface area contributed by atoms with Crippen LogP contribution in [0.25, 0.3) is 5.57 Å². The van der Waals surface area contributed by atoms with Gasteiger partial charge in [0.25, 0.3) is 11.8 Å². The first kappa shape index (κ1) is 21.9. The normalized spacial score (nSPS) is 16.6. The Morgan fingerprint density at radius 1 is 0.735 bits per heavy atom. The molecular weight excluding hydrogens is 424 g/mol. The maximum atomic E-state index is 13.9. The van der Waals surface area contributed by atoms with Crippen molar-refractivity contribution in [2.24, 2.45) is 0 Å². The number of hydrogen-bond donors (Lipinski definition) is 0. The van der Waals surface area contributed by atoms with Gasteiger partial charge in [0.05, 0.1) is 11.3 Å². The molecule has 6 nitrogen and oxygen atoms in total. The van der Waals surface area contributed by atoms with Crippen molar-refractivity contribution in [2.75, 3.05) is 36.0 Å². The highest BCUT2D eigenvalue weighted by molar-refractivity contribution is 6.45. The van der Waals surface area contributed by atoms with Crippen LogP contribution in [0.5, 0.6) is 0 Å². The fourth-order valence-electron chi connectivity index (χ4n) is 4.88. The number of nitrogens with zero attached hydrogens (tertiary/aromatic N) is 4. The van der Waals surface area contributed by atoms with E-state index in [9.17, 15) is 9.59 Å². The second-order valence-electron chi connectivity index (χ2n) is 8.94. The zero-order chi connectivity index (χ0) is 23.8. The average molecular weight is 453 g/mol. The lowest BCUT2D eigenvalue weighted by molar-refractivity contribution is -0.120. The van der Waals surface area contributed by atoms with Crippen molar-refractivity contribution in [3.05, 3.63) is 94.8 Å². The predicted octanol–water partition coefficient (Wildman–Crippen LogP) is 4.11. The number of aryl methyl sites for hydroxylation is 3. The number of amides is 2. The van der Waals surface area contributed by atoms with Gasteiger partial charge in [0.1, 0.15) is 11.5 Å². The monoisotopic (exact) mass is 452 g/mol. The van der Waals surface area contributed by atoms with Gasteiger partial charge in [-0.3, -0.25) is 9.59 Å². The number of anilines is 2. The molecule has 0 spiro atoms. The number of imide groups is 1. The molecule has 6 heteroatoms. The molecule has 0 atom stereocenters. The molecular formula is C28H28N4O2. The van der Waals surface area contributed by atoms with Gasteiger partial charge in [-0.25, -0.2) is 9.88 Å². The minimum absolute atomic E-state index is 0.249. The molecule has 1 fully saturated rings. The predicted molar refractivity (Wildman–Crippen MR) is 135 cm³/mol. The van der Waals surface area contributed by atoms with Crippen LogP contribution >= 0.6 is 0 Å². The van der Waals surface area contributed by atoms with Crippen LogP contribution in [0.15, 0.2) is 72.6 Å². The molecule has 172 valence electrons. The molecule has 0 aliphatic carbocycles. The van der Waals surface area contributed by atoms with E-state index in [1.165, 1.54) is 4.90 Å². The van der Waals surface area contributed by atoms with Gasteiger partial charge in [0.15, 0.2) is 0 Å². The van der Waals surface area contributed by atoms with Crippen LogP contribution < -0.4 is 9.80 Å². The summed E-state index contributed by atoms with van der Waals surface area (Å²) >= 11 is 0. The summed E-state index contributed by atoms with van der Waals surface area (Å²) in [7, 11) is 0. The second kappa shape index (κ2) is 8.78. The summed E-state index contributed by atoms with van der Waals surface area (Å²) in [4.78, 5) is 37.8. The van der Waals surface area contributed by atoms with Crippen LogP contribution in [0.1, 0.15) is 22.3 Å². The summed E-state index contributed by atoms with van der Waals surface area (Å²) in [6, 6.07) is 19.5. The second-order valence-corrected chi connectivity index (χ2v) is 8.94. The van der Waals surface area contributed by atoms with E-state index in [1.54, 1.807) is 6.20 Å². The summed E-state index contributed by atoms with van der Waals surface area (Å²) < 4.78 is 0. The largest absolute Gasteiger partial charge is 0.363 e. The maximum Gasteiger partial charge on any atom is 0.282 e. The van der Waals surface area contributed by atoms with Crippen molar-refractivity contribution >= 4 is 28.9 Å². The van der Waals surface area contributed by atoms with Gasteiger partial charge in [0.2, 0.25) is 0 Å². The smallest absolute Gasteiger partial charge is 0.282 e. The Morgan fingerprint density at radius 2 is 1.44 bits per heavy atom. The zero-order valence-electron chi connectivity index (χ0n) is 19.8. The highest BCUT2D eigenvalue weighted by Gasteiger charge is 2.43. The first-order chi connectivity index (χ1) is 16.5. The van der Waals surface area contributed by atoms with Crippen LogP contribution in [0, 0.1) is 20.8 Å². The quantitative estimate of drug-likeness (QED) is 0.558. The van der Waals surface area contributed by atoms with Crippen molar-refractivity contribution in [1.29, 1.82) is 0 Å². The number of piperazine rings is 1. The van der Waals surface area contributed by atoms with E-state index >= 15 is 0 Å². The lowest BCUT2D eigenvalue weighted by Crippen LogP contribution is -2.48. The van der Waals surface area contributed by atoms with Gasteiger partial charge < -0.3 is 9.80 Å². The van der Waals surface area contributed by atoms with Gasteiger partial charge >= 0.3 is 0 Å². The molecule has 2 aliphatic rings. The van der Waals surface area contributed by atoms with Crippen LogP contribution in [0.2, 0.25) is 0 Å². The highest BCUT2D eigenvalue weighted by atomic mass is 16.2. The van der Waals surface area contributed by atoms with Gasteiger partial charge in [-0.2, -0.15) is 0 Å². The third-order valence-corrected chi connectivity index (χ3v) is 6.64. The standard InChI is InChI=1S/C28H28N4O2/c1-19-11-12-22(21(3)18-19)25-26(28(34)32(27(25)33)23-9-5-4-8-20(23)2)31-16-14-30(15-17-31)24-10-6-7-13-29-24/h4-13,18H,14-17H2,1-3H3. The van der Waals surface area contributed by atoms with E-state index in [1.807, 2.05) is 75.4 Å². The Kier molecular flexibility index (Phi) is 5.65. The molecule has 0 saturated carbocycles. The molecule has 0 radical (unpaired) electrons. The molecule has 2 aliphatic heterocycles. The first-order valence-electron chi connectivity index (χ1n) is 11.6. The zero-order valence-corrected chi connectivity index (χ0v) is 19.8. The summed E-state index contributed by atoms with van der Waals surface area (Å²) in [5, 5.41) is 0. The number of pyridine rings is 1. The number of carbonyl (C=O) groups excluding carboxylic acids is 2. The van der Waals surface area contributed by atoms with Crippen molar-refractivity contribution in [3.63, 3.8) is 0 Å². The van der Waals surface area contributed by atoms with E-state index in [-0.39, 0.29) is 11.8 Å². The summed E-state index contributed by atoms with van der Waals surface area (Å²) in [6.07, 6.45) is 1.79. The molecule has 1 aromatic heterocycles. The third-order valence-electron chi connectivity index (χ3n) is 6.64. The molecule has 3 aromatic rings. The van der Waals surface area contributed by atoms with E-state index in [0.29, 0.717) is 30.0 Å². The Balaban J connectivity index is 1.55. The fraction of sp³-hybridized carbons (Fsp3) is 0.250. The topological polar surface area (TPSA) is 56.8 Å². The van der Waals surface area contributed by atoms with Crippen LogP contribution in [-0.2, 0) is 9.59 Å². The van der Waals surface area contributed by atoms with E-state index in [4.69, 9.17) is 0 Å². The van der Waals surface area contributed by atoms with Crippen molar-refractivity contribution < 1.29 is 9.59 Å². The SMILES string of the molecule is Cc1ccc(C2=C(N3CCN(c4ccccn4)CC3)C(=O)N(c3ccccc3C)C2=O)c(C)c1. The lowest BCUT2D eigenvalue weighted by Gasteiger charge is -2.37. The van der Waals surface area contributed by atoms with Gasteiger partial charge in [0, 0.05) is 32.4 Å². The lowest BCUT2D eigenvalue weighted by atomic mass is 9.97. The highest BCUT2D eigenvalue weighted by Crippen LogP contribution is 2.37.